The Morgan fingerprint density at radius 2 is 1.82 bits per heavy atom. The van der Waals surface area contributed by atoms with E-state index < -0.39 is 0 Å². The lowest BCUT2D eigenvalue weighted by atomic mass is 10.1. The Morgan fingerprint density at radius 3 is 2.68 bits per heavy atom. The van der Waals surface area contributed by atoms with Crippen molar-refractivity contribution in [1.29, 1.82) is 0 Å². The van der Waals surface area contributed by atoms with E-state index in [1.54, 1.807) is 0 Å². The number of nitrogens with zero attached hydrogens (tertiary/aromatic N) is 2. The number of hydrogen-bond acceptors (Lipinski definition) is 3. The Morgan fingerprint density at radius 1 is 1.00 bits per heavy atom. The lowest BCUT2D eigenvalue weighted by molar-refractivity contribution is -0.0997. The van der Waals surface area contributed by atoms with Crippen molar-refractivity contribution >= 4 is 21.8 Å². The molecule has 0 atom stereocenters. The highest BCUT2D eigenvalue weighted by Gasteiger charge is 2.08. The van der Waals surface area contributed by atoms with Crippen LogP contribution in [-0.2, 0) is 6.54 Å². The summed E-state index contributed by atoms with van der Waals surface area (Å²) in [5.41, 5.74) is 3.11. The van der Waals surface area contributed by atoms with Crippen LogP contribution < -0.4 is 0 Å². The maximum atomic E-state index is 10.1. The average molecular weight is 294 g/mol. The van der Waals surface area contributed by atoms with Gasteiger partial charge in [-0.25, -0.2) is 4.98 Å². The van der Waals surface area contributed by atoms with E-state index in [2.05, 4.69) is 25.1 Å². The summed E-state index contributed by atoms with van der Waals surface area (Å²) in [6, 6.07) is 16.4. The molecule has 1 aromatic heterocycles. The summed E-state index contributed by atoms with van der Waals surface area (Å²) in [5, 5.41) is 13.8. The maximum Gasteiger partial charge on any atom is 0.0713 e. The predicted molar refractivity (Wildman–Crippen MR) is 91.0 cm³/mol. The van der Waals surface area contributed by atoms with Crippen LogP contribution in [0.25, 0.3) is 21.8 Å². The van der Waals surface area contributed by atoms with Crippen LogP contribution in [0.5, 0.6) is 0 Å². The Labute approximate surface area is 131 Å². The Bertz CT molecular complexity index is 770. The van der Waals surface area contributed by atoms with E-state index in [1.165, 1.54) is 5.06 Å². The lowest BCUT2D eigenvalue weighted by Gasteiger charge is -2.16. The monoisotopic (exact) mass is 294 g/mol. The molecule has 0 unspecified atom stereocenters. The SMILES string of the molecule is CCCCCN(O)Cc1cccc2nc3ccccc3cc12. The molecule has 0 saturated carbocycles. The molecule has 0 fully saturated rings. The minimum atomic E-state index is 0.543. The first-order chi connectivity index (χ1) is 10.8. The zero-order chi connectivity index (χ0) is 15.4. The molecule has 2 aromatic carbocycles. The lowest BCUT2D eigenvalue weighted by Crippen LogP contribution is -2.20. The van der Waals surface area contributed by atoms with Gasteiger partial charge in [0, 0.05) is 23.9 Å². The highest BCUT2D eigenvalue weighted by Crippen LogP contribution is 2.23. The Hall–Kier alpha value is -1.97. The number of aromatic nitrogens is 1. The fraction of sp³-hybridized carbons (Fsp3) is 0.316. The van der Waals surface area contributed by atoms with Gasteiger partial charge in [-0.2, -0.15) is 5.06 Å². The summed E-state index contributed by atoms with van der Waals surface area (Å²) in [6.45, 7) is 3.43. The zero-order valence-electron chi connectivity index (χ0n) is 13.0. The van der Waals surface area contributed by atoms with Crippen LogP contribution in [0.2, 0.25) is 0 Å². The summed E-state index contributed by atoms with van der Waals surface area (Å²) in [6.07, 6.45) is 3.34. The van der Waals surface area contributed by atoms with Crippen LogP contribution in [0, 0.1) is 0 Å². The molecule has 0 aliphatic heterocycles. The second-order valence-corrected chi connectivity index (χ2v) is 5.76. The van der Waals surface area contributed by atoms with Crippen molar-refractivity contribution in [3.05, 3.63) is 54.1 Å². The molecule has 3 aromatic rings. The van der Waals surface area contributed by atoms with Crippen molar-refractivity contribution in [2.45, 2.75) is 32.7 Å². The van der Waals surface area contributed by atoms with Crippen LogP contribution in [0.15, 0.2) is 48.5 Å². The molecule has 0 bridgehead atoms. The molecule has 1 N–H and O–H groups in total. The number of unbranched alkanes of at least 4 members (excludes halogenated alkanes) is 2. The minimum Gasteiger partial charge on any atom is -0.314 e. The molecule has 0 spiro atoms. The Kier molecular flexibility index (Phi) is 4.66. The number of benzene rings is 2. The normalized spacial score (nSPS) is 11.6. The van der Waals surface area contributed by atoms with E-state index in [-0.39, 0.29) is 0 Å². The molecule has 22 heavy (non-hydrogen) atoms. The minimum absolute atomic E-state index is 0.543. The third kappa shape index (κ3) is 3.26. The predicted octanol–water partition coefficient (Wildman–Crippen LogP) is 4.77. The molecule has 0 aliphatic rings. The fourth-order valence-electron chi connectivity index (χ4n) is 2.82. The summed E-state index contributed by atoms with van der Waals surface area (Å²) in [7, 11) is 0. The first-order valence-electron chi connectivity index (χ1n) is 7.99. The zero-order valence-corrected chi connectivity index (χ0v) is 13.0. The average Bonchev–Trinajstić information content (AvgIpc) is 2.54. The van der Waals surface area contributed by atoms with Gasteiger partial charge in [-0.15, -0.1) is 0 Å². The molecule has 3 rings (SSSR count). The van der Waals surface area contributed by atoms with E-state index in [0.29, 0.717) is 13.1 Å². The molecule has 1 heterocycles. The van der Waals surface area contributed by atoms with Gasteiger partial charge in [-0.05, 0) is 30.2 Å². The first kappa shape index (κ1) is 14.9. The number of rotatable bonds is 6. The quantitative estimate of drug-likeness (QED) is 0.404. The van der Waals surface area contributed by atoms with Gasteiger partial charge in [0.05, 0.1) is 11.0 Å². The number of hydroxylamine groups is 2. The molecule has 0 amide bonds. The number of pyridine rings is 1. The van der Waals surface area contributed by atoms with E-state index in [1.807, 2.05) is 30.3 Å². The topological polar surface area (TPSA) is 36.4 Å². The third-order valence-corrected chi connectivity index (χ3v) is 4.02. The molecule has 3 nitrogen and oxygen atoms in total. The molecule has 114 valence electrons. The third-order valence-electron chi connectivity index (χ3n) is 4.02. The van der Waals surface area contributed by atoms with E-state index in [0.717, 1.165) is 46.6 Å². The maximum absolute atomic E-state index is 10.1. The van der Waals surface area contributed by atoms with Crippen LogP contribution in [0.1, 0.15) is 31.7 Å². The first-order valence-corrected chi connectivity index (χ1v) is 7.99. The molecule has 0 saturated heterocycles. The van der Waals surface area contributed by atoms with Gasteiger partial charge in [0.2, 0.25) is 0 Å². The smallest absolute Gasteiger partial charge is 0.0713 e. The van der Waals surface area contributed by atoms with E-state index >= 15 is 0 Å². The molecule has 0 aliphatic carbocycles. The van der Waals surface area contributed by atoms with Crippen LogP contribution >= 0.6 is 0 Å². The van der Waals surface area contributed by atoms with Crippen LogP contribution in [0.3, 0.4) is 0 Å². The van der Waals surface area contributed by atoms with Crippen molar-refractivity contribution in [2.24, 2.45) is 0 Å². The van der Waals surface area contributed by atoms with E-state index in [4.69, 9.17) is 4.98 Å². The molecular formula is C19H22N2O. The number of fused-ring (bicyclic) bond motifs is 2. The van der Waals surface area contributed by atoms with Crippen LogP contribution in [-0.4, -0.2) is 21.8 Å². The highest BCUT2D eigenvalue weighted by molar-refractivity contribution is 5.94. The van der Waals surface area contributed by atoms with Gasteiger partial charge in [0.25, 0.3) is 0 Å². The Balaban J connectivity index is 1.90. The largest absolute Gasteiger partial charge is 0.314 e. The van der Waals surface area contributed by atoms with Crippen molar-refractivity contribution in [3.63, 3.8) is 0 Å². The standard InChI is InChI=1S/C19H22N2O/c1-2-3-6-12-21(22)14-16-9-7-11-19-17(16)13-15-8-4-5-10-18(15)20-19/h4-5,7-11,13,22H,2-3,6,12,14H2,1H3. The van der Waals surface area contributed by atoms with Gasteiger partial charge in [0.15, 0.2) is 0 Å². The van der Waals surface area contributed by atoms with Crippen molar-refractivity contribution < 1.29 is 5.21 Å². The summed E-state index contributed by atoms with van der Waals surface area (Å²) in [4.78, 5) is 4.72. The number of para-hydroxylation sites is 1. The summed E-state index contributed by atoms with van der Waals surface area (Å²) >= 11 is 0. The van der Waals surface area contributed by atoms with Gasteiger partial charge in [-0.1, -0.05) is 50.1 Å². The van der Waals surface area contributed by atoms with E-state index in [9.17, 15) is 5.21 Å². The number of hydrogen-bond donors (Lipinski definition) is 1. The molecular weight excluding hydrogens is 272 g/mol. The van der Waals surface area contributed by atoms with Crippen molar-refractivity contribution in [1.82, 2.24) is 10.0 Å². The van der Waals surface area contributed by atoms with Gasteiger partial charge < -0.3 is 5.21 Å². The summed E-state index contributed by atoms with van der Waals surface area (Å²) in [5.74, 6) is 0. The second-order valence-electron chi connectivity index (χ2n) is 5.76. The molecule has 0 radical (unpaired) electrons. The van der Waals surface area contributed by atoms with Crippen LogP contribution in [0.4, 0.5) is 0 Å². The summed E-state index contributed by atoms with van der Waals surface area (Å²) < 4.78 is 0. The van der Waals surface area contributed by atoms with Crippen molar-refractivity contribution in [2.75, 3.05) is 6.54 Å². The van der Waals surface area contributed by atoms with Gasteiger partial charge in [0.1, 0.15) is 0 Å². The van der Waals surface area contributed by atoms with Gasteiger partial charge >= 0.3 is 0 Å². The van der Waals surface area contributed by atoms with Crippen molar-refractivity contribution in [3.8, 4) is 0 Å². The molecule has 3 heteroatoms. The fourth-order valence-corrected chi connectivity index (χ4v) is 2.82. The van der Waals surface area contributed by atoms with Gasteiger partial charge in [-0.3, -0.25) is 0 Å². The second kappa shape index (κ2) is 6.86. The highest BCUT2D eigenvalue weighted by atomic mass is 16.5.